The van der Waals surface area contributed by atoms with Crippen molar-refractivity contribution in [2.24, 2.45) is 10.7 Å². The first-order chi connectivity index (χ1) is 12.0. The predicted octanol–water partition coefficient (Wildman–Crippen LogP) is 3.16. The minimum atomic E-state index is -0.577. The minimum Gasteiger partial charge on any atom is -0.454 e. The molecule has 142 valence electrons. The van der Waals surface area contributed by atoms with Crippen molar-refractivity contribution in [1.82, 2.24) is 10.6 Å². The Morgan fingerprint density at radius 1 is 1.27 bits per heavy atom. The molecule has 1 heterocycles. The molecule has 0 bridgehead atoms. The summed E-state index contributed by atoms with van der Waals surface area (Å²) in [6.07, 6.45) is 0. The number of amides is 1. The van der Waals surface area contributed by atoms with Gasteiger partial charge in [0.25, 0.3) is 5.91 Å². The van der Waals surface area contributed by atoms with Crippen LogP contribution >= 0.6 is 24.0 Å². The van der Waals surface area contributed by atoms with E-state index in [1.54, 1.807) is 12.1 Å². The summed E-state index contributed by atoms with van der Waals surface area (Å²) in [6, 6.07) is 11.8. The molecule has 0 radical (unpaired) electrons. The second-order valence-corrected chi connectivity index (χ2v) is 6.02. The molecular formula is C19H27IN4O2. The van der Waals surface area contributed by atoms with E-state index in [0.29, 0.717) is 24.2 Å². The number of halogens is 1. The summed E-state index contributed by atoms with van der Waals surface area (Å²) < 4.78 is 5.34. The fraction of sp³-hybridized carbons (Fsp3) is 0.368. The number of carbonyl (C=O) groups is 1. The van der Waals surface area contributed by atoms with Crippen LogP contribution < -0.4 is 16.4 Å². The van der Waals surface area contributed by atoms with E-state index in [1.807, 2.05) is 6.92 Å². The van der Waals surface area contributed by atoms with Crippen molar-refractivity contribution in [3.05, 3.63) is 59.0 Å². The lowest BCUT2D eigenvalue weighted by Gasteiger charge is -2.16. The van der Waals surface area contributed by atoms with Gasteiger partial charge in [0.2, 0.25) is 0 Å². The van der Waals surface area contributed by atoms with Gasteiger partial charge in [-0.15, -0.1) is 24.0 Å². The van der Waals surface area contributed by atoms with Crippen molar-refractivity contribution < 1.29 is 9.21 Å². The number of benzene rings is 1. The fourth-order valence-electron chi connectivity index (χ4n) is 2.44. The zero-order chi connectivity index (χ0) is 18.2. The maximum absolute atomic E-state index is 11.1. The van der Waals surface area contributed by atoms with Crippen LogP contribution in [0.1, 0.15) is 47.2 Å². The Bertz CT molecular complexity index is 743. The molecule has 6 nitrogen and oxygen atoms in total. The van der Waals surface area contributed by atoms with Gasteiger partial charge in [0.05, 0.1) is 0 Å². The normalized spacial score (nSPS) is 12.2. The van der Waals surface area contributed by atoms with E-state index in [-0.39, 0.29) is 29.7 Å². The smallest absolute Gasteiger partial charge is 0.284 e. The van der Waals surface area contributed by atoms with Crippen LogP contribution in [0.3, 0.4) is 0 Å². The second kappa shape index (κ2) is 10.8. The molecule has 2 aromatic rings. The van der Waals surface area contributed by atoms with E-state index >= 15 is 0 Å². The number of nitrogens with one attached hydrogen (secondary N) is 2. The Hall–Kier alpha value is -2.03. The van der Waals surface area contributed by atoms with E-state index in [0.717, 1.165) is 13.1 Å². The van der Waals surface area contributed by atoms with E-state index in [1.165, 1.54) is 11.1 Å². The second-order valence-electron chi connectivity index (χ2n) is 6.02. The molecule has 2 rings (SSSR count). The zero-order valence-corrected chi connectivity index (χ0v) is 17.7. The monoisotopic (exact) mass is 470 g/mol. The highest BCUT2D eigenvalue weighted by atomic mass is 127. The van der Waals surface area contributed by atoms with Gasteiger partial charge in [-0.2, -0.15) is 0 Å². The molecule has 1 aromatic heterocycles. The van der Waals surface area contributed by atoms with E-state index < -0.39 is 5.91 Å². The number of primary amides is 1. The summed E-state index contributed by atoms with van der Waals surface area (Å²) in [5.74, 6) is 1.23. The molecule has 0 fully saturated rings. The van der Waals surface area contributed by atoms with Crippen molar-refractivity contribution in [3.8, 4) is 0 Å². The lowest BCUT2D eigenvalue weighted by atomic mass is 9.99. The first kappa shape index (κ1) is 22.0. The number of rotatable bonds is 7. The summed E-state index contributed by atoms with van der Waals surface area (Å²) in [7, 11) is 0. The maximum Gasteiger partial charge on any atom is 0.284 e. The highest BCUT2D eigenvalue weighted by molar-refractivity contribution is 14.0. The summed E-state index contributed by atoms with van der Waals surface area (Å²) in [4.78, 5) is 15.5. The van der Waals surface area contributed by atoms with Gasteiger partial charge in [-0.3, -0.25) is 4.79 Å². The standard InChI is InChI=1S/C19H26N4O2.HI/c1-4-21-19(23-12-16-8-9-17(25-16)18(20)24)22-11-14(3)15-7-5-6-13(2)10-15;/h5-10,14H,4,11-12H2,1-3H3,(H2,20,24)(H2,21,22,23);1H. The third-order valence-electron chi connectivity index (χ3n) is 3.83. The number of aryl methyl sites for hydroxylation is 1. The maximum atomic E-state index is 11.1. The summed E-state index contributed by atoms with van der Waals surface area (Å²) >= 11 is 0. The first-order valence-corrected chi connectivity index (χ1v) is 8.46. The Labute approximate surface area is 171 Å². The van der Waals surface area contributed by atoms with Crippen LogP contribution in [0, 0.1) is 6.92 Å². The molecule has 0 aliphatic carbocycles. The Balaban J connectivity index is 0.00000338. The van der Waals surface area contributed by atoms with Gasteiger partial charge in [0.15, 0.2) is 11.7 Å². The molecule has 1 atom stereocenters. The molecular weight excluding hydrogens is 443 g/mol. The molecule has 1 aromatic carbocycles. The van der Waals surface area contributed by atoms with E-state index in [2.05, 4.69) is 53.7 Å². The van der Waals surface area contributed by atoms with Gasteiger partial charge < -0.3 is 20.8 Å². The van der Waals surface area contributed by atoms with E-state index in [9.17, 15) is 4.79 Å². The molecule has 7 heteroatoms. The van der Waals surface area contributed by atoms with Crippen LogP contribution in [0.25, 0.3) is 0 Å². The molecule has 4 N–H and O–H groups in total. The van der Waals surface area contributed by atoms with Crippen LogP contribution in [0.4, 0.5) is 0 Å². The van der Waals surface area contributed by atoms with Gasteiger partial charge in [0.1, 0.15) is 12.3 Å². The van der Waals surface area contributed by atoms with Gasteiger partial charge in [-0.1, -0.05) is 36.8 Å². The van der Waals surface area contributed by atoms with Gasteiger partial charge >= 0.3 is 0 Å². The Morgan fingerprint density at radius 2 is 2.04 bits per heavy atom. The fourth-order valence-corrected chi connectivity index (χ4v) is 2.44. The third-order valence-corrected chi connectivity index (χ3v) is 3.83. The van der Waals surface area contributed by atoms with Crippen LogP contribution in [0.15, 0.2) is 45.8 Å². The topological polar surface area (TPSA) is 92.6 Å². The average Bonchev–Trinajstić information content (AvgIpc) is 3.06. The van der Waals surface area contributed by atoms with Gasteiger partial charge in [0, 0.05) is 13.1 Å². The van der Waals surface area contributed by atoms with Crippen molar-refractivity contribution in [3.63, 3.8) is 0 Å². The molecule has 1 unspecified atom stereocenters. The van der Waals surface area contributed by atoms with Crippen LogP contribution in [0.5, 0.6) is 0 Å². The molecule has 26 heavy (non-hydrogen) atoms. The summed E-state index contributed by atoms with van der Waals surface area (Å²) in [6.45, 7) is 8.14. The number of guanidine groups is 1. The number of nitrogens with zero attached hydrogens (tertiary/aromatic N) is 1. The highest BCUT2D eigenvalue weighted by Gasteiger charge is 2.09. The van der Waals surface area contributed by atoms with E-state index in [4.69, 9.17) is 10.2 Å². The van der Waals surface area contributed by atoms with Crippen molar-refractivity contribution in [1.29, 1.82) is 0 Å². The number of hydrogen-bond acceptors (Lipinski definition) is 3. The lowest BCUT2D eigenvalue weighted by Crippen LogP contribution is -2.39. The molecule has 0 saturated carbocycles. The molecule has 1 amide bonds. The average molecular weight is 470 g/mol. The van der Waals surface area contributed by atoms with Crippen molar-refractivity contribution >= 4 is 35.8 Å². The zero-order valence-electron chi connectivity index (χ0n) is 15.4. The number of carbonyl (C=O) groups excluding carboxylic acids is 1. The molecule has 0 spiro atoms. The quantitative estimate of drug-likeness (QED) is 0.329. The SMILES string of the molecule is CCNC(=NCc1ccc(C(N)=O)o1)NCC(C)c1cccc(C)c1.I. The van der Waals surface area contributed by atoms with Gasteiger partial charge in [-0.05, 0) is 37.5 Å². The largest absolute Gasteiger partial charge is 0.454 e. The highest BCUT2D eigenvalue weighted by Crippen LogP contribution is 2.15. The third kappa shape index (κ3) is 6.70. The predicted molar refractivity (Wildman–Crippen MR) is 115 cm³/mol. The Kier molecular flexibility index (Phi) is 9.18. The van der Waals surface area contributed by atoms with Gasteiger partial charge in [-0.25, -0.2) is 4.99 Å². The van der Waals surface area contributed by atoms with Crippen molar-refractivity contribution in [2.75, 3.05) is 13.1 Å². The van der Waals surface area contributed by atoms with Crippen LogP contribution in [-0.4, -0.2) is 25.0 Å². The molecule has 0 aliphatic heterocycles. The van der Waals surface area contributed by atoms with Crippen molar-refractivity contribution in [2.45, 2.75) is 33.2 Å². The van der Waals surface area contributed by atoms with Crippen LogP contribution in [0.2, 0.25) is 0 Å². The summed E-state index contributed by atoms with van der Waals surface area (Å²) in [5, 5.41) is 6.55. The number of nitrogens with two attached hydrogens (primary N) is 1. The number of aliphatic imine (C=N–C) groups is 1. The number of furan rings is 1. The lowest BCUT2D eigenvalue weighted by molar-refractivity contribution is 0.0972. The molecule has 0 aliphatic rings. The summed E-state index contributed by atoms with van der Waals surface area (Å²) in [5.41, 5.74) is 7.73. The number of hydrogen-bond donors (Lipinski definition) is 3. The minimum absolute atomic E-state index is 0. The first-order valence-electron chi connectivity index (χ1n) is 8.46. The van der Waals surface area contributed by atoms with Crippen LogP contribution in [-0.2, 0) is 6.54 Å². The molecule has 0 saturated heterocycles. The Morgan fingerprint density at radius 3 is 2.65 bits per heavy atom.